The van der Waals surface area contributed by atoms with Crippen molar-refractivity contribution < 1.29 is 19.1 Å². The second kappa shape index (κ2) is 6.08. The monoisotopic (exact) mass is 239 g/mol. The number of hydrogen-bond acceptors (Lipinski definition) is 3. The molecule has 94 valence electrons. The zero-order chi connectivity index (χ0) is 12.8. The van der Waals surface area contributed by atoms with E-state index in [1.807, 2.05) is 6.92 Å². The molecule has 0 fully saturated rings. The summed E-state index contributed by atoms with van der Waals surface area (Å²) in [4.78, 5) is 22.0. The van der Waals surface area contributed by atoms with Gasteiger partial charge in [0.2, 0.25) is 5.91 Å². The number of hydrogen-bond donors (Lipinski definition) is 2. The summed E-state index contributed by atoms with van der Waals surface area (Å²) in [5, 5.41) is 11.3. The zero-order valence-electron chi connectivity index (χ0n) is 9.97. The number of rotatable bonds is 6. The molecule has 0 spiro atoms. The predicted octanol–water partition coefficient (Wildman–Crippen LogP) is 1.96. The number of furan rings is 1. The van der Waals surface area contributed by atoms with Crippen LogP contribution in [0.1, 0.15) is 38.5 Å². The molecule has 1 heterocycles. The zero-order valence-corrected chi connectivity index (χ0v) is 9.97. The van der Waals surface area contributed by atoms with Crippen molar-refractivity contribution in [2.24, 2.45) is 5.92 Å². The topological polar surface area (TPSA) is 79.5 Å². The average molecular weight is 239 g/mol. The quantitative estimate of drug-likeness (QED) is 0.795. The third kappa shape index (κ3) is 4.72. The van der Waals surface area contributed by atoms with Gasteiger partial charge in [-0.1, -0.05) is 6.92 Å². The van der Waals surface area contributed by atoms with Crippen molar-refractivity contribution in [1.82, 2.24) is 5.32 Å². The first-order valence-electron chi connectivity index (χ1n) is 5.53. The first kappa shape index (κ1) is 13.3. The van der Waals surface area contributed by atoms with Gasteiger partial charge in [0.1, 0.15) is 5.76 Å². The van der Waals surface area contributed by atoms with Crippen molar-refractivity contribution in [2.75, 3.05) is 0 Å². The van der Waals surface area contributed by atoms with Crippen molar-refractivity contribution in [3.63, 3.8) is 0 Å². The Morgan fingerprint density at radius 1 is 1.41 bits per heavy atom. The lowest BCUT2D eigenvalue weighted by Crippen LogP contribution is -2.28. The molecule has 1 aromatic heterocycles. The molecule has 5 nitrogen and oxygen atoms in total. The van der Waals surface area contributed by atoms with Crippen LogP contribution in [0.2, 0.25) is 0 Å². The lowest BCUT2D eigenvalue weighted by molar-refractivity contribution is -0.138. The minimum Gasteiger partial charge on any atom is -0.481 e. The van der Waals surface area contributed by atoms with E-state index in [0.717, 1.165) is 0 Å². The number of amides is 1. The molecule has 0 radical (unpaired) electrons. The van der Waals surface area contributed by atoms with E-state index in [2.05, 4.69) is 5.32 Å². The Morgan fingerprint density at radius 3 is 2.65 bits per heavy atom. The van der Waals surface area contributed by atoms with Gasteiger partial charge in [-0.2, -0.15) is 0 Å². The van der Waals surface area contributed by atoms with Gasteiger partial charge in [-0.3, -0.25) is 9.59 Å². The highest BCUT2D eigenvalue weighted by molar-refractivity contribution is 5.77. The van der Waals surface area contributed by atoms with Gasteiger partial charge < -0.3 is 14.8 Å². The number of nitrogens with one attached hydrogen (secondary N) is 1. The number of aliphatic carboxylic acids is 1. The Hall–Kier alpha value is -1.78. The summed E-state index contributed by atoms with van der Waals surface area (Å²) in [7, 11) is 0. The second-order valence-corrected chi connectivity index (χ2v) is 4.21. The van der Waals surface area contributed by atoms with E-state index < -0.39 is 5.97 Å². The predicted molar refractivity (Wildman–Crippen MR) is 61.3 cm³/mol. The smallest absolute Gasteiger partial charge is 0.303 e. The van der Waals surface area contributed by atoms with Gasteiger partial charge >= 0.3 is 5.97 Å². The van der Waals surface area contributed by atoms with Gasteiger partial charge in [-0.05, 0) is 25.0 Å². The van der Waals surface area contributed by atoms with Gasteiger partial charge in [0.15, 0.2) is 0 Å². The summed E-state index contributed by atoms with van der Waals surface area (Å²) in [5.41, 5.74) is 0. The molecule has 2 atom stereocenters. The number of carbonyl (C=O) groups excluding carboxylic acids is 1. The third-order valence-electron chi connectivity index (χ3n) is 2.40. The van der Waals surface area contributed by atoms with Crippen LogP contribution in [-0.2, 0) is 9.59 Å². The van der Waals surface area contributed by atoms with Crippen LogP contribution in [-0.4, -0.2) is 17.0 Å². The Kier molecular flexibility index (Phi) is 4.75. The fraction of sp³-hybridized carbons (Fsp3) is 0.500. The van der Waals surface area contributed by atoms with E-state index >= 15 is 0 Å². The fourth-order valence-electron chi connectivity index (χ4n) is 1.60. The maximum atomic E-state index is 11.6. The lowest BCUT2D eigenvalue weighted by Gasteiger charge is -2.13. The standard InChI is InChI=1S/C12H17NO4/c1-8(7-12(15)16)6-11(14)13-9(2)10-4-3-5-17-10/h3-5,8-9H,6-7H2,1-2H3,(H,13,14)(H,15,16)/t8?,9-/m1/s1. The van der Waals surface area contributed by atoms with Crippen LogP contribution in [0.4, 0.5) is 0 Å². The van der Waals surface area contributed by atoms with Crippen molar-refractivity contribution in [2.45, 2.75) is 32.7 Å². The Balaban J connectivity index is 2.37. The molecule has 1 aromatic rings. The van der Waals surface area contributed by atoms with Crippen LogP contribution in [0.25, 0.3) is 0 Å². The Morgan fingerprint density at radius 2 is 2.12 bits per heavy atom. The van der Waals surface area contributed by atoms with Crippen LogP contribution >= 0.6 is 0 Å². The summed E-state index contributed by atoms with van der Waals surface area (Å²) in [6.45, 7) is 3.56. The molecule has 0 aromatic carbocycles. The minimum atomic E-state index is -0.885. The van der Waals surface area contributed by atoms with E-state index in [4.69, 9.17) is 9.52 Å². The number of carboxylic acid groups (broad SMARTS) is 1. The molecule has 1 amide bonds. The SMILES string of the molecule is CC(CC(=O)O)CC(=O)N[C@H](C)c1ccco1. The maximum absolute atomic E-state index is 11.6. The molecule has 0 aliphatic rings. The molecule has 2 N–H and O–H groups in total. The van der Waals surface area contributed by atoms with Crippen molar-refractivity contribution in [3.05, 3.63) is 24.2 Å². The lowest BCUT2D eigenvalue weighted by atomic mass is 10.0. The third-order valence-corrected chi connectivity index (χ3v) is 2.40. The highest BCUT2D eigenvalue weighted by Gasteiger charge is 2.16. The normalized spacial score (nSPS) is 14.0. The van der Waals surface area contributed by atoms with E-state index in [9.17, 15) is 9.59 Å². The molecule has 0 bridgehead atoms. The molecule has 0 saturated carbocycles. The molecule has 17 heavy (non-hydrogen) atoms. The Bertz CT molecular complexity index is 372. The summed E-state index contributed by atoms with van der Waals surface area (Å²) in [6.07, 6.45) is 1.75. The molecule has 0 aliphatic carbocycles. The van der Waals surface area contributed by atoms with Crippen LogP contribution in [0.15, 0.2) is 22.8 Å². The van der Waals surface area contributed by atoms with E-state index in [1.165, 1.54) is 0 Å². The molecule has 5 heteroatoms. The van der Waals surface area contributed by atoms with Crippen molar-refractivity contribution >= 4 is 11.9 Å². The Labute approximate surface area is 99.8 Å². The molecule has 1 rings (SSSR count). The number of carbonyl (C=O) groups is 2. The second-order valence-electron chi connectivity index (χ2n) is 4.21. The van der Waals surface area contributed by atoms with Gasteiger partial charge in [0.25, 0.3) is 0 Å². The highest BCUT2D eigenvalue weighted by Crippen LogP contribution is 2.14. The largest absolute Gasteiger partial charge is 0.481 e. The van der Waals surface area contributed by atoms with Crippen LogP contribution in [0.3, 0.4) is 0 Å². The van der Waals surface area contributed by atoms with E-state index in [1.54, 1.807) is 25.3 Å². The van der Waals surface area contributed by atoms with Gasteiger partial charge in [0, 0.05) is 12.8 Å². The van der Waals surface area contributed by atoms with Crippen LogP contribution in [0, 0.1) is 5.92 Å². The van der Waals surface area contributed by atoms with Crippen LogP contribution < -0.4 is 5.32 Å². The summed E-state index contributed by atoms with van der Waals surface area (Å²) < 4.78 is 5.16. The van der Waals surface area contributed by atoms with E-state index in [-0.39, 0.29) is 30.7 Å². The molecule has 1 unspecified atom stereocenters. The molecule has 0 aliphatic heterocycles. The fourth-order valence-corrected chi connectivity index (χ4v) is 1.60. The first-order chi connectivity index (χ1) is 7.99. The van der Waals surface area contributed by atoms with E-state index in [0.29, 0.717) is 5.76 Å². The highest BCUT2D eigenvalue weighted by atomic mass is 16.4. The van der Waals surface area contributed by atoms with Gasteiger partial charge in [-0.15, -0.1) is 0 Å². The summed E-state index contributed by atoms with van der Waals surface area (Å²) in [6, 6.07) is 3.34. The minimum absolute atomic E-state index is 0.00253. The van der Waals surface area contributed by atoms with Gasteiger partial charge in [-0.25, -0.2) is 0 Å². The van der Waals surface area contributed by atoms with Crippen LogP contribution in [0.5, 0.6) is 0 Å². The summed E-state index contributed by atoms with van der Waals surface area (Å²) >= 11 is 0. The average Bonchev–Trinajstić information content (AvgIpc) is 2.67. The maximum Gasteiger partial charge on any atom is 0.303 e. The molecular formula is C12H17NO4. The van der Waals surface area contributed by atoms with Gasteiger partial charge in [0.05, 0.1) is 12.3 Å². The van der Waals surface area contributed by atoms with Crippen molar-refractivity contribution in [1.29, 1.82) is 0 Å². The number of carboxylic acids is 1. The first-order valence-corrected chi connectivity index (χ1v) is 5.53. The molecule has 0 saturated heterocycles. The molecular weight excluding hydrogens is 222 g/mol. The summed E-state index contributed by atoms with van der Waals surface area (Å²) in [5.74, 6) is -0.535. The van der Waals surface area contributed by atoms with Crippen molar-refractivity contribution in [3.8, 4) is 0 Å².